The molecule has 0 spiro atoms. The van der Waals surface area contributed by atoms with Crippen molar-refractivity contribution in [3.05, 3.63) is 12.2 Å². The smallest absolute Gasteiger partial charge is 0.247 e. The third-order valence-electron chi connectivity index (χ3n) is 1.30. The molecule has 0 fully saturated rings. The summed E-state index contributed by atoms with van der Waals surface area (Å²) in [4.78, 5) is 14.5. The number of aromatic nitrogens is 2. The topological polar surface area (TPSA) is 69.1 Å². The Morgan fingerprint density at radius 1 is 1.64 bits per heavy atom. The number of carbonyl (C=O) groups excluding carboxylic acids is 1. The molecule has 0 amide bonds. The van der Waals surface area contributed by atoms with Gasteiger partial charge in [0, 0.05) is 6.92 Å². The Kier molecular flexibility index (Phi) is 1.06. The van der Waals surface area contributed by atoms with Gasteiger partial charge >= 0.3 is 0 Å². The normalized spacial score (nSPS) is 10.6. The molecule has 0 N–H and O–H groups in total. The van der Waals surface area contributed by atoms with E-state index in [2.05, 4.69) is 14.7 Å². The van der Waals surface area contributed by atoms with Crippen molar-refractivity contribution in [1.82, 2.24) is 10.1 Å². The Labute approximate surface area is 61.0 Å². The molecule has 2 heterocycles. The van der Waals surface area contributed by atoms with Crippen LogP contribution in [0.2, 0.25) is 0 Å². The van der Waals surface area contributed by atoms with E-state index >= 15 is 0 Å². The van der Waals surface area contributed by atoms with Gasteiger partial charge in [-0.15, -0.1) is 0 Å². The summed E-state index contributed by atoms with van der Waals surface area (Å²) >= 11 is 0. The van der Waals surface area contributed by atoms with Gasteiger partial charge in [-0.25, -0.2) is 0 Å². The van der Waals surface area contributed by atoms with Gasteiger partial charge in [-0.05, 0) is 0 Å². The van der Waals surface area contributed by atoms with Crippen molar-refractivity contribution in [2.24, 2.45) is 0 Å². The molecular formula is C6H4N2O3. The van der Waals surface area contributed by atoms with E-state index in [4.69, 9.17) is 4.42 Å². The maximum Gasteiger partial charge on any atom is 0.247 e. The second kappa shape index (κ2) is 1.91. The van der Waals surface area contributed by atoms with E-state index < -0.39 is 0 Å². The van der Waals surface area contributed by atoms with Gasteiger partial charge in [0.25, 0.3) is 0 Å². The number of carbonyl (C=O) groups is 1. The van der Waals surface area contributed by atoms with Gasteiger partial charge in [-0.3, -0.25) is 4.79 Å². The number of hydrogen-bond acceptors (Lipinski definition) is 5. The molecule has 0 saturated carbocycles. The standard InChI is InChI=1S/C6H4N2O3/c1-3(9)4-5-6(8-11-4)7-2-10-5/h2H,1H3. The van der Waals surface area contributed by atoms with Crippen LogP contribution in [0.1, 0.15) is 17.5 Å². The number of Topliss-reactive ketones (excluding diaryl/α,β-unsaturated/α-hetero) is 1. The Bertz CT molecular complexity index is 401. The van der Waals surface area contributed by atoms with E-state index in [1.54, 1.807) is 0 Å². The van der Waals surface area contributed by atoms with Crippen LogP contribution in [0.4, 0.5) is 0 Å². The maximum atomic E-state index is 10.8. The summed E-state index contributed by atoms with van der Waals surface area (Å²) in [5.74, 6) is -0.0956. The third-order valence-corrected chi connectivity index (χ3v) is 1.30. The summed E-state index contributed by atoms with van der Waals surface area (Å²) in [7, 11) is 0. The lowest BCUT2D eigenvalue weighted by atomic mass is 10.3. The SMILES string of the molecule is CC(=O)c1onc2ncoc12. The molecule has 0 saturated heterocycles. The van der Waals surface area contributed by atoms with Crippen LogP contribution in [0.25, 0.3) is 11.2 Å². The van der Waals surface area contributed by atoms with Crippen molar-refractivity contribution < 1.29 is 13.7 Å². The van der Waals surface area contributed by atoms with Crippen LogP contribution < -0.4 is 0 Å². The predicted molar refractivity (Wildman–Crippen MR) is 34.1 cm³/mol. The fourth-order valence-corrected chi connectivity index (χ4v) is 0.815. The van der Waals surface area contributed by atoms with E-state index in [1.165, 1.54) is 13.3 Å². The molecule has 2 rings (SSSR count). The van der Waals surface area contributed by atoms with Gasteiger partial charge in [0.2, 0.25) is 22.8 Å². The minimum atomic E-state index is -0.218. The first-order valence-electron chi connectivity index (χ1n) is 2.99. The summed E-state index contributed by atoms with van der Waals surface area (Å²) in [5.41, 5.74) is 0.646. The van der Waals surface area contributed by atoms with Crippen molar-refractivity contribution in [1.29, 1.82) is 0 Å². The average Bonchev–Trinajstić information content (AvgIpc) is 2.41. The minimum absolute atomic E-state index is 0.123. The fourth-order valence-electron chi connectivity index (χ4n) is 0.815. The van der Waals surface area contributed by atoms with E-state index in [0.717, 1.165) is 0 Å². The molecule has 0 aliphatic rings. The zero-order chi connectivity index (χ0) is 7.84. The van der Waals surface area contributed by atoms with Gasteiger partial charge in [-0.1, -0.05) is 5.16 Å². The Morgan fingerprint density at radius 2 is 2.45 bits per heavy atom. The number of rotatable bonds is 1. The van der Waals surface area contributed by atoms with E-state index in [1.807, 2.05) is 0 Å². The Hall–Kier alpha value is -1.65. The number of fused-ring (bicyclic) bond motifs is 1. The largest absolute Gasteiger partial charge is 0.437 e. The second-order valence-electron chi connectivity index (χ2n) is 2.07. The van der Waals surface area contributed by atoms with Crippen LogP contribution in [0.3, 0.4) is 0 Å². The zero-order valence-electron chi connectivity index (χ0n) is 5.70. The summed E-state index contributed by atoms with van der Waals surface area (Å²) < 4.78 is 9.52. The minimum Gasteiger partial charge on any atom is -0.437 e. The number of oxazole rings is 1. The summed E-state index contributed by atoms with van der Waals surface area (Å²) in [6.07, 6.45) is 1.22. The number of ketones is 1. The quantitative estimate of drug-likeness (QED) is 0.570. The molecule has 56 valence electrons. The van der Waals surface area contributed by atoms with Crippen molar-refractivity contribution in [2.75, 3.05) is 0 Å². The molecule has 0 aromatic carbocycles. The van der Waals surface area contributed by atoms with E-state index in [9.17, 15) is 4.79 Å². The van der Waals surface area contributed by atoms with Crippen molar-refractivity contribution >= 4 is 17.0 Å². The van der Waals surface area contributed by atoms with Gasteiger partial charge in [-0.2, -0.15) is 4.98 Å². The second-order valence-corrected chi connectivity index (χ2v) is 2.07. The first-order chi connectivity index (χ1) is 5.29. The third kappa shape index (κ3) is 0.739. The molecule has 0 aliphatic heterocycles. The van der Waals surface area contributed by atoms with Crippen LogP contribution in [0, 0.1) is 0 Å². The average molecular weight is 152 g/mol. The molecule has 0 bridgehead atoms. The lowest BCUT2D eigenvalue weighted by Crippen LogP contribution is -1.87. The van der Waals surface area contributed by atoms with Crippen molar-refractivity contribution in [3.63, 3.8) is 0 Å². The number of nitrogens with zero attached hydrogens (tertiary/aromatic N) is 2. The molecule has 0 atom stereocenters. The molecule has 5 nitrogen and oxygen atoms in total. The number of hydrogen-bond donors (Lipinski definition) is 0. The van der Waals surface area contributed by atoms with Gasteiger partial charge in [0.1, 0.15) is 0 Å². The van der Waals surface area contributed by atoms with Gasteiger partial charge in [0.15, 0.2) is 6.39 Å². The molecule has 2 aromatic rings. The highest BCUT2D eigenvalue weighted by Gasteiger charge is 2.15. The fraction of sp³-hybridized carbons (Fsp3) is 0.167. The summed E-state index contributed by atoms with van der Waals surface area (Å²) in [6, 6.07) is 0. The Balaban J connectivity index is 2.78. The monoisotopic (exact) mass is 152 g/mol. The van der Waals surface area contributed by atoms with Crippen molar-refractivity contribution in [3.8, 4) is 0 Å². The van der Waals surface area contributed by atoms with Crippen LogP contribution in [-0.2, 0) is 0 Å². The van der Waals surface area contributed by atoms with Gasteiger partial charge in [0.05, 0.1) is 0 Å². The van der Waals surface area contributed by atoms with Gasteiger partial charge < -0.3 is 8.94 Å². The first-order valence-corrected chi connectivity index (χ1v) is 2.99. The highest BCUT2D eigenvalue weighted by Crippen LogP contribution is 2.16. The predicted octanol–water partition coefficient (Wildman–Crippen LogP) is 1.02. The lowest BCUT2D eigenvalue weighted by molar-refractivity contribution is 0.0979. The molecule has 0 aliphatic carbocycles. The van der Waals surface area contributed by atoms with E-state index in [-0.39, 0.29) is 11.5 Å². The molecule has 0 radical (unpaired) electrons. The first kappa shape index (κ1) is 6.09. The van der Waals surface area contributed by atoms with Crippen LogP contribution in [0.5, 0.6) is 0 Å². The van der Waals surface area contributed by atoms with Crippen molar-refractivity contribution in [2.45, 2.75) is 6.92 Å². The molecular weight excluding hydrogens is 148 g/mol. The highest BCUT2D eigenvalue weighted by atomic mass is 16.5. The lowest BCUT2D eigenvalue weighted by Gasteiger charge is -1.80. The zero-order valence-corrected chi connectivity index (χ0v) is 5.70. The molecule has 0 unspecified atom stereocenters. The molecule has 5 heteroatoms. The molecule has 2 aromatic heterocycles. The summed E-state index contributed by atoms with van der Waals surface area (Å²) in [5, 5.41) is 3.50. The van der Waals surface area contributed by atoms with E-state index in [0.29, 0.717) is 11.2 Å². The Morgan fingerprint density at radius 3 is 3.18 bits per heavy atom. The summed E-state index contributed by atoms with van der Waals surface area (Å²) in [6.45, 7) is 1.38. The highest BCUT2D eigenvalue weighted by molar-refractivity contribution is 6.00. The molecule has 11 heavy (non-hydrogen) atoms. The van der Waals surface area contributed by atoms with Crippen LogP contribution in [-0.4, -0.2) is 15.9 Å². The maximum absolute atomic E-state index is 10.8. The van der Waals surface area contributed by atoms with Crippen LogP contribution >= 0.6 is 0 Å². The van der Waals surface area contributed by atoms with Crippen LogP contribution in [0.15, 0.2) is 15.3 Å².